The third-order valence-electron chi connectivity index (χ3n) is 4.45. The van der Waals surface area contributed by atoms with E-state index >= 15 is 0 Å². The number of aromatic nitrogens is 4. The molecule has 31 heavy (non-hydrogen) atoms. The van der Waals surface area contributed by atoms with Gasteiger partial charge in [-0.1, -0.05) is 59.9 Å². The molecule has 154 valence electrons. The average molecular weight is 455 g/mol. The molecule has 0 amide bonds. The number of alkyl halides is 3. The Morgan fingerprint density at radius 3 is 2.00 bits per heavy atom. The van der Waals surface area contributed by atoms with Crippen molar-refractivity contribution in [1.82, 2.24) is 19.6 Å². The molecule has 0 spiro atoms. The zero-order valence-corrected chi connectivity index (χ0v) is 17.4. The van der Waals surface area contributed by atoms with Gasteiger partial charge in [0.25, 0.3) is 0 Å². The molecule has 2 heterocycles. The van der Waals surface area contributed by atoms with Crippen molar-refractivity contribution >= 4 is 40.2 Å². The predicted molar refractivity (Wildman–Crippen MR) is 114 cm³/mol. The van der Waals surface area contributed by atoms with Gasteiger partial charge in [-0.2, -0.15) is 13.2 Å². The van der Waals surface area contributed by atoms with Gasteiger partial charge in [0.1, 0.15) is 5.03 Å². The molecule has 9 heteroatoms. The van der Waals surface area contributed by atoms with Gasteiger partial charge in [0.05, 0.1) is 11.0 Å². The first-order valence-corrected chi connectivity index (χ1v) is 10.8. The Balaban J connectivity index is 1.70. The van der Waals surface area contributed by atoms with E-state index in [1.54, 1.807) is 12.1 Å². The van der Waals surface area contributed by atoms with Crippen molar-refractivity contribution in [2.45, 2.75) is 25.9 Å². The van der Waals surface area contributed by atoms with Crippen molar-refractivity contribution in [3.8, 4) is 0 Å². The zero-order chi connectivity index (χ0) is 21.4. The first kappa shape index (κ1) is 19.9. The Labute approximate surface area is 183 Å². The molecule has 5 rings (SSSR count). The smallest absolute Gasteiger partial charge is 0.267 e. The lowest BCUT2D eigenvalue weighted by Crippen LogP contribution is -2.11. The number of benzene rings is 3. The van der Waals surface area contributed by atoms with E-state index in [0.717, 1.165) is 19.1 Å². The summed E-state index contributed by atoms with van der Waals surface area (Å²) < 4.78 is 42.2. The highest BCUT2D eigenvalue weighted by Crippen LogP contribution is 2.37. The SMILES string of the molecule is FC(F)(F)c1nnc2c(Sc3ccccc3)nc3ccc(Sc4ccccc4)cc3n12. The molecule has 0 N–H and O–H groups in total. The third-order valence-corrected chi connectivity index (χ3v) is 6.43. The van der Waals surface area contributed by atoms with Crippen molar-refractivity contribution < 1.29 is 13.2 Å². The van der Waals surface area contributed by atoms with Crippen LogP contribution < -0.4 is 0 Å². The zero-order valence-electron chi connectivity index (χ0n) is 15.7. The van der Waals surface area contributed by atoms with Gasteiger partial charge in [-0.05, 0) is 42.5 Å². The highest BCUT2D eigenvalue weighted by atomic mass is 32.2. The Morgan fingerprint density at radius 2 is 1.35 bits per heavy atom. The quantitative estimate of drug-likeness (QED) is 0.306. The highest BCUT2D eigenvalue weighted by Gasteiger charge is 2.38. The fourth-order valence-corrected chi connectivity index (χ4v) is 4.88. The van der Waals surface area contributed by atoms with Crippen LogP contribution in [0, 0.1) is 0 Å². The fraction of sp³-hybridized carbons (Fsp3) is 0.0455. The summed E-state index contributed by atoms with van der Waals surface area (Å²) >= 11 is 2.72. The largest absolute Gasteiger partial charge is 0.452 e. The minimum Gasteiger partial charge on any atom is -0.267 e. The van der Waals surface area contributed by atoms with E-state index in [1.165, 1.54) is 23.5 Å². The number of rotatable bonds is 4. The first-order chi connectivity index (χ1) is 15.0. The predicted octanol–water partition coefficient (Wildman–Crippen LogP) is 6.60. The standard InChI is InChI=1S/C22H13F3N4S2/c23-22(24,25)21-28-27-19-20(31-15-9-5-2-6-10-15)26-17-12-11-16(13-18(17)29(19)21)30-14-7-3-1-4-8-14/h1-13H. The van der Waals surface area contributed by atoms with Crippen LogP contribution >= 0.6 is 23.5 Å². The van der Waals surface area contributed by atoms with Crippen LogP contribution in [-0.4, -0.2) is 19.6 Å². The summed E-state index contributed by atoms with van der Waals surface area (Å²) in [5.74, 6) is -1.06. The van der Waals surface area contributed by atoms with Crippen molar-refractivity contribution in [1.29, 1.82) is 0 Å². The van der Waals surface area contributed by atoms with Gasteiger partial charge in [-0.3, -0.25) is 4.40 Å². The second-order valence-corrected chi connectivity index (χ2v) is 8.79. The maximum absolute atomic E-state index is 13.7. The first-order valence-electron chi connectivity index (χ1n) is 9.21. The summed E-state index contributed by atoms with van der Waals surface area (Å²) in [4.78, 5) is 7.24. The van der Waals surface area contributed by atoms with E-state index in [-0.39, 0.29) is 5.65 Å². The second-order valence-electron chi connectivity index (χ2n) is 6.58. The molecule has 0 aliphatic carbocycles. The number of hydrogen-bond acceptors (Lipinski definition) is 5. The van der Waals surface area contributed by atoms with Gasteiger partial charge in [-0.25, -0.2) is 4.98 Å². The molecule has 0 saturated carbocycles. The van der Waals surface area contributed by atoms with Crippen LogP contribution in [0.4, 0.5) is 13.2 Å². The summed E-state index contributed by atoms with van der Waals surface area (Å²) in [6, 6.07) is 24.2. The van der Waals surface area contributed by atoms with Crippen LogP contribution in [0.1, 0.15) is 5.82 Å². The third kappa shape index (κ3) is 3.98. The molecule has 0 saturated heterocycles. The van der Waals surface area contributed by atoms with Gasteiger partial charge in [0.15, 0.2) is 5.65 Å². The molecular formula is C22H13F3N4S2. The lowest BCUT2D eigenvalue weighted by atomic mass is 10.3. The number of nitrogens with zero attached hydrogens (tertiary/aromatic N) is 4. The summed E-state index contributed by atoms with van der Waals surface area (Å²) in [6.45, 7) is 0. The lowest BCUT2D eigenvalue weighted by Gasteiger charge is -2.11. The minimum absolute atomic E-state index is 0.0792. The van der Waals surface area contributed by atoms with E-state index in [0.29, 0.717) is 16.1 Å². The van der Waals surface area contributed by atoms with E-state index in [9.17, 15) is 13.2 Å². The van der Waals surface area contributed by atoms with Gasteiger partial charge >= 0.3 is 6.18 Å². The van der Waals surface area contributed by atoms with Crippen molar-refractivity contribution in [3.05, 3.63) is 84.7 Å². The Bertz CT molecular complexity index is 1370. The van der Waals surface area contributed by atoms with Gasteiger partial charge in [-0.15, -0.1) is 10.2 Å². The molecule has 0 atom stereocenters. The number of hydrogen-bond donors (Lipinski definition) is 0. The fourth-order valence-electron chi connectivity index (χ4n) is 3.13. The maximum atomic E-state index is 13.7. The topological polar surface area (TPSA) is 43.1 Å². The molecule has 3 aromatic carbocycles. The van der Waals surface area contributed by atoms with E-state index < -0.39 is 12.0 Å². The van der Waals surface area contributed by atoms with Gasteiger partial charge in [0.2, 0.25) is 5.82 Å². The molecule has 0 fully saturated rings. The highest BCUT2D eigenvalue weighted by molar-refractivity contribution is 7.99. The normalized spacial score (nSPS) is 12.0. The Hall–Kier alpha value is -3.04. The molecule has 5 aromatic rings. The number of halogens is 3. The van der Waals surface area contributed by atoms with E-state index in [1.807, 2.05) is 66.7 Å². The summed E-state index contributed by atoms with van der Waals surface area (Å²) in [7, 11) is 0. The van der Waals surface area contributed by atoms with Crippen molar-refractivity contribution in [2.24, 2.45) is 0 Å². The molecule has 0 aliphatic rings. The van der Waals surface area contributed by atoms with Crippen molar-refractivity contribution in [3.63, 3.8) is 0 Å². The molecule has 4 nitrogen and oxygen atoms in total. The van der Waals surface area contributed by atoms with Crippen molar-refractivity contribution in [2.75, 3.05) is 0 Å². The number of fused-ring (bicyclic) bond motifs is 3. The van der Waals surface area contributed by atoms with Crippen LogP contribution in [0.5, 0.6) is 0 Å². The van der Waals surface area contributed by atoms with E-state index in [2.05, 4.69) is 15.2 Å². The molecule has 0 bridgehead atoms. The maximum Gasteiger partial charge on any atom is 0.452 e. The second kappa shape index (κ2) is 7.90. The average Bonchev–Trinajstić information content (AvgIpc) is 3.22. The summed E-state index contributed by atoms with van der Waals surface area (Å²) in [5, 5.41) is 7.67. The van der Waals surface area contributed by atoms with Crippen LogP contribution in [0.25, 0.3) is 16.7 Å². The molecule has 0 aliphatic heterocycles. The lowest BCUT2D eigenvalue weighted by molar-refractivity contribution is -0.145. The molecular weight excluding hydrogens is 441 g/mol. The van der Waals surface area contributed by atoms with Gasteiger partial charge in [0, 0.05) is 14.7 Å². The molecule has 0 radical (unpaired) electrons. The van der Waals surface area contributed by atoms with Gasteiger partial charge < -0.3 is 0 Å². The van der Waals surface area contributed by atoms with Crippen LogP contribution in [0.2, 0.25) is 0 Å². The minimum atomic E-state index is -4.65. The Kier molecular flexibility index (Phi) is 5.07. The molecule has 0 unspecified atom stereocenters. The van der Waals surface area contributed by atoms with Crippen LogP contribution in [-0.2, 0) is 6.18 Å². The molecule has 2 aromatic heterocycles. The van der Waals surface area contributed by atoms with E-state index in [4.69, 9.17) is 0 Å². The van der Waals surface area contributed by atoms with Crippen LogP contribution in [0.15, 0.2) is 98.6 Å². The summed E-state index contributed by atoms with van der Waals surface area (Å²) in [5.41, 5.74) is 0.829. The Morgan fingerprint density at radius 1 is 0.710 bits per heavy atom. The van der Waals surface area contributed by atoms with Crippen LogP contribution in [0.3, 0.4) is 0 Å². The monoisotopic (exact) mass is 454 g/mol. The summed E-state index contributed by atoms with van der Waals surface area (Å²) in [6.07, 6.45) is -4.65.